The first-order chi connectivity index (χ1) is 9.19. The molecule has 1 atom stereocenters. The molecule has 1 unspecified atom stereocenters. The van der Waals surface area contributed by atoms with Crippen molar-refractivity contribution in [2.24, 2.45) is 0 Å². The van der Waals surface area contributed by atoms with Gasteiger partial charge in [-0.2, -0.15) is 5.10 Å². The molecule has 1 aromatic heterocycles. The topological polar surface area (TPSA) is 90.9 Å². The monoisotopic (exact) mass is 278 g/mol. The first-order valence-corrected chi connectivity index (χ1v) is 6.63. The Bertz CT molecular complexity index is 527. The Balaban J connectivity index is 2.00. The van der Waals surface area contributed by atoms with Gasteiger partial charge >= 0.3 is 5.97 Å². The van der Waals surface area contributed by atoms with Crippen LogP contribution >= 0.6 is 11.8 Å². The zero-order chi connectivity index (χ0) is 13.7. The maximum atomic E-state index is 10.9. The van der Waals surface area contributed by atoms with Gasteiger partial charge in [0.2, 0.25) is 0 Å². The summed E-state index contributed by atoms with van der Waals surface area (Å²) >= 11 is 1.46. The highest BCUT2D eigenvalue weighted by Crippen LogP contribution is 2.25. The third kappa shape index (κ3) is 3.72. The maximum Gasteiger partial charge on any atom is 0.326 e. The molecule has 0 amide bonds. The third-order valence-corrected chi connectivity index (χ3v) is 3.41. The number of aromatic nitrogens is 3. The van der Waals surface area contributed by atoms with Gasteiger partial charge in [0.1, 0.15) is 12.4 Å². The summed E-state index contributed by atoms with van der Waals surface area (Å²) in [6, 6.07) is 6.95. The summed E-state index contributed by atoms with van der Waals surface area (Å²) in [5, 5.41) is 19.2. The lowest BCUT2D eigenvalue weighted by molar-refractivity contribution is -0.137. The zero-order valence-electron chi connectivity index (χ0n) is 10.3. The number of nitrogens with one attached hydrogen (secondary N) is 2. The van der Waals surface area contributed by atoms with Crippen molar-refractivity contribution in [2.75, 3.05) is 5.32 Å². The van der Waals surface area contributed by atoms with Gasteiger partial charge in [0.15, 0.2) is 5.16 Å². The molecule has 3 N–H and O–H groups in total. The number of aliphatic carboxylic acids is 1. The number of aromatic amines is 1. The number of hydrogen-bond acceptors (Lipinski definition) is 5. The fourth-order valence-corrected chi connectivity index (χ4v) is 2.21. The van der Waals surface area contributed by atoms with E-state index in [4.69, 9.17) is 5.11 Å². The average molecular weight is 278 g/mol. The summed E-state index contributed by atoms with van der Waals surface area (Å²) in [5.41, 5.74) is 0.788. The number of carboxylic acid groups (broad SMARTS) is 1. The molecule has 0 aliphatic heterocycles. The molecule has 1 heterocycles. The summed E-state index contributed by atoms with van der Waals surface area (Å²) in [4.78, 5) is 16.0. The highest BCUT2D eigenvalue weighted by Gasteiger charge is 2.13. The molecule has 0 radical (unpaired) electrons. The highest BCUT2D eigenvalue weighted by atomic mass is 32.2. The Morgan fingerprint density at radius 1 is 1.47 bits per heavy atom. The number of nitrogens with zero attached hydrogens (tertiary/aromatic N) is 2. The molecule has 0 aliphatic carbocycles. The smallest absolute Gasteiger partial charge is 0.326 e. The minimum Gasteiger partial charge on any atom is -0.480 e. The number of anilines is 1. The average Bonchev–Trinajstić information content (AvgIpc) is 2.90. The van der Waals surface area contributed by atoms with Crippen LogP contribution in [0.1, 0.15) is 13.3 Å². The summed E-state index contributed by atoms with van der Waals surface area (Å²) in [7, 11) is 0. The van der Waals surface area contributed by atoms with E-state index in [1.54, 1.807) is 0 Å². The largest absolute Gasteiger partial charge is 0.480 e. The summed E-state index contributed by atoms with van der Waals surface area (Å²) in [6.07, 6.45) is 1.99. The second-order valence-corrected chi connectivity index (χ2v) is 4.92. The van der Waals surface area contributed by atoms with Gasteiger partial charge in [-0.15, -0.1) is 0 Å². The van der Waals surface area contributed by atoms with E-state index in [0.717, 1.165) is 15.7 Å². The third-order valence-electron chi connectivity index (χ3n) is 2.51. The standard InChI is InChI=1S/C12H14N4O2S/c1-2-10(11(17)18)15-8-3-5-9(6-4-8)19-12-13-7-14-16-12/h3-7,10,15H,2H2,1H3,(H,17,18)(H,13,14,16). The van der Waals surface area contributed by atoms with Crippen LogP contribution in [0, 0.1) is 0 Å². The van der Waals surface area contributed by atoms with E-state index < -0.39 is 12.0 Å². The molecule has 0 bridgehead atoms. The first kappa shape index (κ1) is 13.4. The number of H-pyrrole nitrogens is 1. The number of carboxylic acids is 1. The second-order valence-electron chi connectivity index (χ2n) is 3.86. The Hall–Kier alpha value is -2.02. The van der Waals surface area contributed by atoms with Gasteiger partial charge in [-0.05, 0) is 30.7 Å². The van der Waals surface area contributed by atoms with Crippen molar-refractivity contribution in [1.29, 1.82) is 0 Å². The normalized spacial score (nSPS) is 12.1. The Morgan fingerprint density at radius 2 is 2.21 bits per heavy atom. The number of hydrogen-bond donors (Lipinski definition) is 3. The Kier molecular flexibility index (Phi) is 4.40. The molecule has 7 heteroatoms. The van der Waals surface area contributed by atoms with Crippen LogP contribution in [-0.2, 0) is 4.79 Å². The van der Waals surface area contributed by atoms with Crippen LogP contribution in [0.3, 0.4) is 0 Å². The fraction of sp³-hybridized carbons (Fsp3) is 0.250. The molecule has 0 saturated carbocycles. The molecule has 2 aromatic rings. The van der Waals surface area contributed by atoms with E-state index >= 15 is 0 Å². The molecule has 6 nitrogen and oxygen atoms in total. The van der Waals surface area contributed by atoms with E-state index in [9.17, 15) is 4.79 Å². The lowest BCUT2D eigenvalue weighted by atomic mass is 10.2. The van der Waals surface area contributed by atoms with Gasteiger partial charge < -0.3 is 10.4 Å². The van der Waals surface area contributed by atoms with Crippen LogP contribution in [0.2, 0.25) is 0 Å². The van der Waals surface area contributed by atoms with Crippen molar-refractivity contribution in [3.63, 3.8) is 0 Å². The van der Waals surface area contributed by atoms with E-state index in [2.05, 4.69) is 20.5 Å². The van der Waals surface area contributed by atoms with Gasteiger partial charge in [0, 0.05) is 10.6 Å². The maximum absolute atomic E-state index is 10.9. The van der Waals surface area contributed by atoms with Gasteiger partial charge in [-0.1, -0.05) is 18.7 Å². The summed E-state index contributed by atoms with van der Waals surface area (Å²) in [5.74, 6) is -0.845. The lowest BCUT2D eigenvalue weighted by Crippen LogP contribution is -2.28. The Morgan fingerprint density at radius 3 is 2.74 bits per heavy atom. The number of rotatable bonds is 6. The van der Waals surface area contributed by atoms with E-state index in [0.29, 0.717) is 6.42 Å². The van der Waals surface area contributed by atoms with Gasteiger partial charge in [-0.25, -0.2) is 9.78 Å². The van der Waals surface area contributed by atoms with Crippen molar-refractivity contribution < 1.29 is 9.90 Å². The number of carbonyl (C=O) groups is 1. The van der Waals surface area contributed by atoms with E-state index in [-0.39, 0.29) is 0 Å². The van der Waals surface area contributed by atoms with Crippen LogP contribution in [0.4, 0.5) is 5.69 Å². The molecule has 2 rings (SSSR count). The minimum absolute atomic E-state index is 0.532. The van der Waals surface area contributed by atoms with E-state index in [1.165, 1.54) is 18.1 Å². The molecule has 0 spiro atoms. The van der Waals surface area contributed by atoms with Gasteiger partial charge in [0.25, 0.3) is 0 Å². The quantitative estimate of drug-likeness (QED) is 0.750. The predicted molar refractivity (Wildman–Crippen MR) is 72.3 cm³/mol. The summed E-state index contributed by atoms with van der Waals surface area (Å²) < 4.78 is 0. The summed E-state index contributed by atoms with van der Waals surface area (Å²) in [6.45, 7) is 1.83. The molecule has 100 valence electrons. The SMILES string of the molecule is CCC(Nc1ccc(Sc2ncn[nH]2)cc1)C(=O)O. The number of benzene rings is 1. The minimum atomic E-state index is -0.845. The molecule has 0 fully saturated rings. The van der Waals surface area contributed by atoms with Crippen LogP contribution in [0.15, 0.2) is 40.6 Å². The van der Waals surface area contributed by atoms with Crippen LogP contribution in [0.25, 0.3) is 0 Å². The van der Waals surface area contributed by atoms with Crippen molar-refractivity contribution in [1.82, 2.24) is 15.2 Å². The highest BCUT2D eigenvalue weighted by molar-refractivity contribution is 7.99. The predicted octanol–water partition coefficient (Wildman–Crippen LogP) is 2.23. The molecule has 19 heavy (non-hydrogen) atoms. The zero-order valence-corrected chi connectivity index (χ0v) is 11.1. The van der Waals surface area contributed by atoms with Crippen molar-refractivity contribution in [2.45, 2.75) is 29.4 Å². The Labute approximate surface area is 114 Å². The van der Waals surface area contributed by atoms with Crippen LogP contribution in [-0.4, -0.2) is 32.3 Å². The first-order valence-electron chi connectivity index (χ1n) is 5.81. The van der Waals surface area contributed by atoms with Crippen molar-refractivity contribution in [3.8, 4) is 0 Å². The molecule has 0 aliphatic rings. The lowest BCUT2D eigenvalue weighted by Gasteiger charge is -2.13. The molecular formula is C12H14N4O2S. The van der Waals surface area contributed by atoms with Crippen molar-refractivity contribution in [3.05, 3.63) is 30.6 Å². The fourth-order valence-electron chi connectivity index (χ4n) is 1.51. The van der Waals surface area contributed by atoms with Crippen LogP contribution < -0.4 is 5.32 Å². The van der Waals surface area contributed by atoms with Gasteiger partial charge in [-0.3, -0.25) is 5.10 Å². The molecule has 0 saturated heterocycles. The van der Waals surface area contributed by atoms with Crippen LogP contribution in [0.5, 0.6) is 0 Å². The molecule has 1 aromatic carbocycles. The van der Waals surface area contributed by atoms with E-state index in [1.807, 2.05) is 31.2 Å². The van der Waals surface area contributed by atoms with Gasteiger partial charge in [0.05, 0.1) is 0 Å². The second kappa shape index (κ2) is 6.24. The molecular weight excluding hydrogens is 264 g/mol. The van der Waals surface area contributed by atoms with Crippen molar-refractivity contribution >= 4 is 23.4 Å².